The Morgan fingerprint density at radius 2 is 1.44 bits per heavy atom. The Hall–Kier alpha value is -1.71. The Kier molecular flexibility index (Phi) is 13.8. The van der Waals surface area contributed by atoms with Crippen molar-refractivity contribution >= 4 is 17.9 Å². The third kappa shape index (κ3) is 12.4. The molecule has 0 aromatic rings. The van der Waals surface area contributed by atoms with Gasteiger partial charge in [-0.15, -0.1) is 0 Å². The van der Waals surface area contributed by atoms with E-state index in [1.54, 1.807) is 0 Å². The third-order valence-corrected chi connectivity index (χ3v) is 1.23. The lowest BCUT2D eigenvalue weighted by Crippen LogP contribution is -2.16. The van der Waals surface area contributed by atoms with Crippen LogP contribution < -0.4 is 0 Å². The second-order valence-corrected chi connectivity index (χ2v) is 2.78. The fraction of sp³-hybridized carbons (Fsp3) is 0.667. The first-order chi connectivity index (χ1) is 8.53. The Morgan fingerprint density at radius 3 is 1.78 bits per heavy atom. The van der Waals surface area contributed by atoms with E-state index in [-0.39, 0.29) is 5.97 Å². The zero-order valence-corrected chi connectivity index (χ0v) is 10.1. The molecule has 0 saturated heterocycles. The minimum absolute atomic E-state index is 0.282. The van der Waals surface area contributed by atoms with Crippen LogP contribution in [0.5, 0.6) is 0 Å². The molecule has 9 nitrogen and oxygen atoms in total. The van der Waals surface area contributed by atoms with Gasteiger partial charge in [0.25, 0.3) is 0 Å². The van der Waals surface area contributed by atoms with Crippen molar-refractivity contribution in [3.05, 3.63) is 0 Å². The molecule has 0 spiro atoms. The van der Waals surface area contributed by atoms with E-state index >= 15 is 0 Å². The molecule has 0 heterocycles. The van der Waals surface area contributed by atoms with Gasteiger partial charge in [-0.3, -0.25) is 14.7 Å². The van der Waals surface area contributed by atoms with Gasteiger partial charge in [-0.1, -0.05) is 13.8 Å². The minimum Gasteiger partial charge on any atom is -0.298 e. The smallest absolute Gasteiger partial charge is 0.298 e. The SMILES string of the molecule is CCCOOC(=O)CCC.O=C(OO)C(=O)OO. The van der Waals surface area contributed by atoms with Crippen LogP contribution in [-0.2, 0) is 33.9 Å². The normalized spacial score (nSPS) is 8.67. The molecule has 2 N–H and O–H groups in total. The molecule has 0 amide bonds. The third-order valence-electron chi connectivity index (χ3n) is 1.23. The summed E-state index contributed by atoms with van der Waals surface area (Å²) in [5.74, 6) is -3.63. The summed E-state index contributed by atoms with van der Waals surface area (Å²) in [4.78, 5) is 44.4. The maximum atomic E-state index is 10.6. The number of rotatable bonds is 5. The summed E-state index contributed by atoms with van der Waals surface area (Å²) in [7, 11) is 0. The van der Waals surface area contributed by atoms with Crippen molar-refractivity contribution < 1.29 is 44.4 Å². The van der Waals surface area contributed by atoms with Crippen molar-refractivity contribution in [3.8, 4) is 0 Å². The predicted molar refractivity (Wildman–Crippen MR) is 54.7 cm³/mol. The molecule has 18 heavy (non-hydrogen) atoms. The Balaban J connectivity index is 0. The van der Waals surface area contributed by atoms with E-state index in [2.05, 4.69) is 19.6 Å². The van der Waals surface area contributed by atoms with Crippen molar-refractivity contribution in [1.29, 1.82) is 0 Å². The molecule has 0 bridgehead atoms. The first-order valence-corrected chi connectivity index (χ1v) is 5.06. The van der Waals surface area contributed by atoms with Crippen molar-refractivity contribution in [2.75, 3.05) is 6.61 Å². The van der Waals surface area contributed by atoms with Gasteiger partial charge in [-0.05, 0) is 12.8 Å². The summed E-state index contributed by atoms with van der Waals surface area (Å²) >= 11 is 0. The van der Waals surface area contributed by atoms with Gasteiger partial charge in [0.1, 0.15) is 0 Å². The minimum atomic E-state index is -1.67. The van der Waals surface area contributed by atoms with Crippen LogP contribution >= 0.6 is 0 Å². The van der Waals surface area contributed by atoms with E-state index in [9.17, 15) is 14.4 Å². The van der Waals surface area contributed by atoms with Crippen LogP contribution in [0, 0.1) is 0 Å². The lowest BCUT2D eigenvalue weighted by Gasteiger charge is -1.99. The van der Waals surface area contributed by atoms with Crippen LogP contribution in [-0.4, -0.2) is 35.0 Å². The van der Waals surface area contributed by atoms with E-state index < -0.39 is 11.9 Å². The predicted octanol–water partition coefficient (Wildman–Crippen LogP) is 0.690. The standard InChI is InChI=1S/C7H14O3.C2H2O6/c1-3-5-7(8)10-9-6-4-2;3-1(7-5)2(4)8-6/h3-6H2,1-2H3;5-6H. The first-order valence-electron chi connectivity index (χ1n) is 5.06. The van der Waals surface area contributed by atoms with Gasteiger partial charge >= 0.3 is 17.9 Å². The number of hydrogen-bond acceptors (Lipinski definition) is 9. The van der Waals surface area contributed by atoms with E-state index in [0.29, 0.717) is 13.0 Å². The topological polar surface area (TPSA) is 129 Å². The summed E-state index contributed by atoms with van der Waals surface area (Å²) in [5, 5.41) is 14.7. The van der Waals surface area contributed by atoms with Crippen molar-refractivity contribution in [2.24, 2.45) is 0 Å². The summed E-state index contributed by atoms with van der Waals surface area (Å²) in [6.07, 6.45) is 2.09. The Morgan fingerprint density at radius 1 is 0.944 bits per heavy atom. The highest BCUT2D eigenvalue weighted by atomic mass is 17.2. The van der Waals surface area contributed by atoms with E-state index in [1.807, 2.05) is 13.8 Å². The van der Waals surface area contributed by atoms with E-state index in [1.165, 1.54) is 0 Å². The Labute approximate surface area is 103 Å². The molecule has 0 aromatic heterocycles. The Bertz CT molecular complexity index is 236. The highest BCUT2D eigenvalue weighted by molar-refractivity contribution is 6.29. The molecule has 106 valence electrons. The summed E-state index contributed by atoms with van der Waals surface area (Å²) < 4.78 is 0. The molecule has 0 aliphatic carbocycles. The molecule has 0 aromatic carbocycles. The molecule has 0 saturated carbocycles. The molecular weight excluding hydrogens is 252 g/mol. The second-order valence-electron chi connectivity index (χ2n) is 2.78. The van der Waals surface area contributed by atoms with E-state index in [0.717, 1.165) is 12.8 Å². The van der Waals surface area contributed by atoms with Gasteiger partial charge < -0.3 is 0 Å². The number of carbonyl (C=O) groups is 3. The van der Waals surface area contributed by atoms with Crippen molar-refractivity contribution in [3.63, 3.8) is 0 Å². The van der Waals surface area contributed by atoms with Gasteiger partial charge in [0, 0.05) is 6.42 Å². The molecule has 0 unspecified atom stereocenters. The maximum Gasteiger partial charge on any atom is 0.452 e. The van der Waals surface area contributed by atoms with Gasteiger partial charge in [-0.25, -0.2) is 14.4 Å². The van der Waals surface area contributed by atoms with Crippen molar-refractivity contribution in [1.82, 2.24) is 0 Å². The average molecular weight is 268 g/mol. The number of hydrogen-bond donors (Lipinski definition) is 2. The van der Waals surface area contributed by atoms with Crippen LogP contribution in [0.1, 0.15) is 33.1 Å². The van der Waals surface area contributed by atoms with Crippen LogP contribution in [0.4, 0.5) is 0 Å². The number of carbonyl (C=O) groups excluding carboxylic acids is 3. The summed E-state index contributed by atoms with van der Waals surface area (Å²) in [6, 6.07) is 0. The fourth-order valence-electron chi connectivity index (χ4n) is 0.511. The highest BCUT2D eigenvalue weighted by Gasteiger charge is 2.16. The van der Waals surface area contributed by atoms with Crippen molar-refractivity contribution in [2.45, 2.75) is 33.1 Å². The molecule has 0 rings (SSSR count). The van der Waals surface area contributed by atoms with Crippen LogP contribution in [0.3, 0.4) is 0 Å². The quantitative estimate of drug-likeness (QED) is 0.320. The molecule has 0 fully saturated rings. The molecule has 0 radical (unpaired) electrons. The monoisotopic (exact) mass is 268 g/mol. The second kappa shape index (κ2) is 13.4. The molecule has 0 atom stereocenters. The van der Waals surface area contributed by atoms with Gasteiger partial charge in [0.15, 0.2) is 0 Å². The first kappa shape index (κ1) is 18.6. The lowest BCUT2D eigenvalue weighted by molar-refractivity contribution is -0.272. The summed E-state index contributed by atoms with van der Waals surface area (Å²) in [6.45, 7) is 4.35. The molecule has 9 heteroatoms. The largest absolute Gasteiger partial charge is 0.452 e. The highest BCUT2D eigenvalue weighted by Crippen LogP contribution is 1.92. The summed E-state index contributed by atoms with van der Waals surface area (Å²) in [5.41, 5.74) is 0. The maximum absolute atomic E-state index is 10.6. The van der Waals surface area contributed by atoms with Gasteiger partial charge in [-0.2, -0.15) is 15.4 Å². The fourth-order valence-corrected chi connectivity index (χ4v) is 0.511. The molecule has 0 aliphatic rings. The zero-order chi connectivity index (χ0) is 14.4. The van der Waals surface area contributed by atoms with Gasteiger partial charge in [0.05, 0.1) is 6.61 Å². The molecule has 0 aliphatic heterocycles. The average Bonchev–Trinajstić information content (AvgIpc) is 2.38. The molecular formula is C9H16O9. The van der Waals surface area contributed by atoms with E-state index in [4.69, 9.17) is 10.5 Å². The van der Waals surface area contributed by atoms with Gasteiger partial charge in [0.2, 0.25) is 0 Å². The van der Waals surface area contributed by atoms with Crippen LogP contribution in [0.2, 0.25) is 0 Å². The zero-order valence-electron chi connectivity index (χ0n) is 10.1. The van der Waals surface area contributed by atoms with Crippen LogP contribution in [0.25, 0.3) is 0 Å². The lowest BCUT2D eigenvalue weighted by atomic mass is 10.3. The van der Waals surface area contributed by atoms with Crippen LogP contribution in [0.15, 0.2) is 0 Å².